The van der Waals surface area contributed by atoms with E-state index in [0.29, 0.717) is 16.9 Å². The highest BCUT2D eigenvalue weighted by molar-refractivity contribution is 9.10. The Bertz CT molecular complexity index is 870. The van der Waals surface area contributed by atoms with E-state index >= 15 is 0 Å². The zero-order valence-electron chi connectivity index (χ0n) is 11.5. The lowest BCUT2D eigenvalue weighted by Crippen LogP contribution is -2.13. The van der Waals surface area contributed by atoms with Gasteiger partial charge in [-0.3, -0.25) is 4.79 Å². The first-order valence-corrected chi connectivity index (χ1v) is 7.64. The SMILES string of the molecule is O=C(Nc1cc(Br)c(F)cc1Cl)c1cccc(-n2ccnn2)c1. The molecule has 3 aromatic rings. The van der Waals surface area contributed by atoms with Gasteiger partial charge in [0, 0.05) is 5.56 Å². The summed E-state index contributed by atoms with van der Waals surface area (Å²) in [7, 11) is 0. The van der Waals surface area contributed by atoms with Crippen molar-refractivity contribution >= 4 is 39.1 Å². The van der Waals surface area contributed by atoms with Gasteiger partial charge in [0.15, 0.2) is 0 Å². The Balaban J connectivity index is 1.87. The Morgan fingerprint density at radius 3 is 2.87 bits per heavy atom. The molecule has 0 saturated carbocycles. The van der Waals surface area contributed by atoms with Crippen molar-refractivity contribution in [3.8, 4) is 5.69 Å². The van der Waals surface area contributed by atoms with Gasteiger partial charge in [0.2, 0.25) is 0 Å². The Morgan fingerprint density at radius 2 is 2.13 bits per heavy atom. The fourth-order valence-electron chi connectivity index (χ4n) is 1.95. The summed E-state index contributed by atoms with van der Waals surface area (Å²) >= 11 is 9.01. The van der Waals surface area contributed by atoms with E-state index < -0.39 is 5.82 Å². The molecule has 0 unspecified atom stereocenters. The maximum absolute atomic E-state index is 13.4. The molecule has 1 N–H and O–H groups in total. The van der Waals surface area contributed by atoms with Gasteiger partial charge >= 0.3 is 0 Å². The molecular formula is C15H9BrClFN4O. The van der Waals surface area contributed by atoms with Crippen LogP contribution in [-0.2, 0) is 0 Å². The van der Waals surface area contributed by atoms with Crippen LogP contribution in [0.4, 0.5) is 10.1 Å². The molecule has 23 heavy (non-hydrogen) atoms. The molecule has 0 fully saturated rings. The van der Waals surface area contributed by atoms with Crippen molar-refractivity contribution in [2.45, 2.75) is 0 Å². The lowest BCUT2D eigenvalue weighted by atomic mass is 10.2. The highest BCUT2D eigenvalue weighted by Gasteiger charge is 2.12. The van der Waals surface area contributed by atoms with Gasteiger partial charge in [0.1, 0.15) is 5.82 Å². The molecule has 0 bridgehead atoms. The number of hydrogen-bond acceptors (Lipinski definition) is 3. The number of anilines is 1. The molecular weight excluding hydrogens is 387 g/mol. The van der Waals surface area contributed by atoms with Crippen LogP contribution in [0.25, 0.3) is 5.69 Å². The van der Waals surface area contributed by atoms with Crippen LogP contribution in [0, 0.1) is 5.82 Å². The molecule has 0 radical (unpaired) electrons. The second kappa shape index (κ2) is 6.47. The lowest BCUT2D eigenvalue weighted by Gasteiger charge is -2.09. The molecule has 0 aliphatic carbocycles. The number of carbonyl (C=O) groups is 1. The molecule has 0 atom stereocenters. The third kappa shape index (κ3) is 3.40. The summed E-state index contributed by atoms with van der Waals surface area (Å²) in [5, 5.41) is 10.4. The zero-order valence-corrected chi connectivity index (χ0v) is 13.8. The number of nitrogens with one attached hydrogen (secondary N) is 1. The van der Waals surface area contributed by atoms with E-state index in [1.807, 2.05) is 0 Å². The van der Waals surface area contributed by atoms with Gasteiger partial charge in [-0.05, 0) is 46.3 Å². The number of benzene rings is 2. The van der Waals surface area contributed by atoms with E-state index in [4.69, 9.17) is 11.6 Å². The van der Waals surface area contributed by atoms with Crippen LogP contribution in [0.15, 0.2) is 53.3 Å². The normalized spacial score (nSPS) is 10.6. The molecule has 8 heteroatoms. The van der Waals surface area contributed by atoms with E-state index in [1.54, 1.807) is 36.7 Å². The topological polar surface area (TPSA) is 59.8 Å². The van der Waals surface area contributed by atoms with Gasteiger partial charge in [0.25, 0.3) is 5.91 Å². The van der Waals surface area contributed by atoms with Gasteiger partial charge in [-0.1, -0.05) is 22.9 Å². The Labute approximate surface area is 144 Å². The van der Waals surface area contributed by atoms with Crippen molar-refractivity contribution in [3.63, 3.8) is 0 Å². The summed E-state index contributed by atoms with van der Waals surface area (Å²) < 4.78 is 15.1. The average Bonchev–Trinajstić information content (AvgIpc) is 3.07. The van der Waals surface area contributed by atoms with Gasteiger partial charge in [-0.15, -0.1) is 5.10 Å². The summed E-state index contributed by atoms with van der Waals surface area (Å²) in [5.74, 6) is -0.867. The minimum absolute atomic E-state index is 0.117. The highest BCUT2D eigenvalue weighted by Crippen LogP contribution is 2.29. The molecule has 1 aromatic heterocycles. The van der Waals surface area contributed by atoms with E-state index in [-0.39, 0.29) is 15.4 Å². The Kier molecular flexibility index (Phi) is 4.40. The third-order valence-electron chi connectivity index (χ3n) is 3.05. The second-order valence-corrected chi connectivity index (χ2v) is 5.86. The molecule has 1 amide bonds. The fourth-order valence-corrected chi connectivity index (χ4v) is 2.49. The van der Waals surface area contributed by atoms with E-state index in [0.717, 1.165) is 6.07 Å². The van der Waals surface area contributed by atoms with Crippen LogP contribution in [0.5, 0.6) is 0 Å². The van der Waals surface area contributed by atoms with E-state index in [9.17, 15) is 9.18 Å². The maximum Gasteiger partial charge on any atom is 0.255 e. The number of rotatable bonds is 3. The number of halogens is 3. The quantitative estimate of drug-likeness (QED) is 0.680. The van der Waals surface area contributed by atoms with Crippen LogP contribution in [0.2, 0.25) is 5.02 Å². The van der Waals surface area contributed by atoms with Crippen molar-refractivity contribution in [2.24, 2.45) is 0 Å². The second-order valence-electron chi connectivity index (χ2n) is 4.60. The minimum atomic E-state index is -0.499. The number of aromatic nitrogens is 3. The van der Waals surface area contributed by atoms with Crippen LogP contribution >= 0.6 is 27.5 Å². The summed E-state index contributed by atoms with van der Waals surface area (Å²) in [4.78, 5) is 12.4. The van der Waals surface area contributed by atoms with Crippen molar-refractivity contribution in [3.05, 3.63) is 69.7 Å². The first-order chi connectivity index (χ1) is 11.0. The molecule has 5 nitrogen and oxygen atoms in total. The molecule has 3 rings (SSSR count). The average molecular weight is 396 g/mol. The summed E-state index contributed by atoms with van der Waals surface area (Å²) in [5.41, 5.74) is 1.42. The molecule has 2 aromatic carbocycles. The lowest BCUT2D eigenvalue weighted by molar-refractivity contribution is 0.102. The van der Waals surface area contributed by atoms with E-state index in [1.165, 1.54) is 10.7 Å². The molecule has 116 valence electrons. The first-order valence-electron chi connectivity index (χ1n) is 6.47. The van der Waals surface area contributed by atoms with Crippen molar-refractivity contribution in [2.75, 3.05) is 5.32 Å². The fraction of sp³-hybridized carbons (Fsp3) is 0. The molecule has 0 spiro atoms. The standard InChI is InChI=1S/C15H9BrClFN4O/c16-11-7-14(12(17)8-13(11)18)20-15(23)9-2-1-3-10(6-9)22-5-4-19-21-22/h1-8H,(H,20,23). The molecule has 1 heterocycles. The van der Waals surface area contributed by atoms with E-state index in [2.05, 4.69) is 31.6 Å². The first kappa shape index (κ1) is 15.6. The van der Waals surface area contributed by atoms with Crippen molar-refractivity contribution < 1.29 is 9.18 Å². The number of carbonyl (C=O) groups excluding carboxylic acids is 1. The van der Waals surface area contributed by atoms with Gasteiger partial charge < -0.3 is 5.32 Å². The third-order valence-corrected chi connectivity index (χ3v) is 3.97. The molecule has 0 aliphatic heterocycles. The van der Waals surface area contributed by atoms with Crippen molar-refractivity contribution in [1.29, 1.82) is 0 Å². The largest absolute Gasteiger partial charge is 0.321 e. The zero-order chi connectivity index (χ0) is 16.4. The van der Waals surface area contributed by atoms with Crippen LogP contribution in [-0.4, -0.2) is 20.9 Å². The van der Waals surface area contributed by atoms with Crippen LogP contribution < -0.4 is 5.32 Å². The predicted octanol–water partition coefficient (Wildman–Crippen LogP) is 4.07. The monoisotopic (exact) mass is 394 g/mol. The number of hydrogen-bond donors (Lipinski definition) is 1. The highest BCUT2D eigenvalue weighted by atomic mass is 79.9. The van der Waals surface area contributed by atoms with Gasteiger partial charge in [-0.2, -0.15) is 0 Å². The van der Waals surface area contributed by atoms with Crippen LogP contribution in [0.1, 0.15) is 10.4 Å². The summed E-state index contributed by atoms with van der Waals surface area (Å²) in [6.45, 7) is 0. The molecule has 0 saturated heterocycles. The molecule has 0 aliphatic rings. The summed E-state index contributed by atoms with van der Waals surface area (Å²) in [6, 6.07) is 9.39. The Hall–Kier alpha value is -2.25. The van der Waals surface area contributed by atoms with Crippen molar-refractivity contribution in [1.82, 2.24) is 15.0 Å². The van der Waals surface area contributed by atoms with Crippen LogP contribution in [0.3, 0.4) is 0 Å². The van der Waals surface area contributed by atoms with Gasteiger partial charge in [-0.25, -0.2) is 9.07 Å². The number of nitrogens with zero attached hydrogens (tertiary/aromatic N) is 3. The Morgan fingerprint density at radius 1 is 1.30 bits per heavy atom. The smallest absolute Gasteiger partial charge is 0.255 e. The van der Waals surface area contributed by atoms with Gasteiger partial charge in [0.05, 0.1) is 33.3 Å². The minimum Gasteiger partial charge on any atom is -0.321 e. The number of amides is 1. The predicted molar refractivity (Wildman–Crippen MR) is 88.4 cm³/mol. The maximum atomic E-state index is 13.4. The summed E-state index contributed by atoms with van der Waals surface area (Å²) in [6.07, 6.45) is 3.22.